The first kappa shape index (κ1) is 11.9. The minimum Gasteiger partial charge on any atom is -0.330 e. The van der Waals surface area contributed by atoms with E-state index in [0.29, 0.717) is 18.4 Å². The molecule has 84 valence electrons. The van der Waals surface area contributed by atoms with Crippen molar-refractivity contribution in [3.05, 3.63) is 0 Å². The van der Waals surface area contributed by atoms with Crippen molar-refractivity contribution < 1.29 is 8.42 Å². The molecule has 0 atom stereocenters. The van der Waals surface area contributed by atoms with Crippen LogP contribution in [0.1, 0.15) is 25.7 Å². The van der Waals surface area contributed by atoms with E-state index in [4.69, 9.17) is 5.73 Å². The normalized spacial score (nSPS) is 29.0. The van der Waals surface area contributed by atoms with Crippen molar-refractivity contribution in [2.75, 3.05) is 19.3 Å². The zero-order valence-corrected chi connectivity index (χ0v) is 9.52. The highest BCUT2D eigenvalue weighted by molar-refractivity contribution is 7.88. The molecule has 1 fully saturated rings. The van der Waals surface area contributed by atoms with Crippen LogP contribution in [0.25, 0.3) is 0 Å². The molecule has 14 heavy (non-hydrogen) atoms. The van der Waals surface area contributed by atoms with Gasteiger partial charge in [-0.25, -0.2) is 13.1 Å². The average Bonchev–Trinajstić information content (AvgIpc) is 2.14. The van der Waals surface area contributed by atoms with E-state index < -0.39 is 10.0 Å². The van der Waals surface area contributed by atoms with E-state index in [1.54, 1.807) is 0 Å². The van der Waals surface area contributed by atoms with Gasteiger partial charge in [-0.2, -0.15) is 0 Å². The molecule has 1 aliphatic rings. The molecule has 0 aromatic carbocycles. The lowest BCUT2D eigenvalue weighted by Gasteiger charge is -2.27. The number of nitrogens with one attached hydrogen (secondary N) is 1. The highest BCUT2D eigenvalue weighted by atomic mass is 32.2. The summed E-state index contributed by atoms with van der Waals surface area (Å²) in [7, 11) is -3.02. The van der Waals surface area contributed by atoms with Gasteiger partial charge in [-0.3, -0.25) is 0 Å². The van der Waals surface area contributed by atoms with Crippen molar-refractivity contribution >= 4 is 10.0 Å². The molecule has 5 heteroatoms. The van der Waals surface area contributed by atoms with Gasteiger partial charge in [-0.05, 0) is 44.1 Å². The molecule has 0 aromatic rings. The minimum atomic E-state index is -3.02. The molecular formula is C9H20N2O2S. The van der Waals surface area contributed by atoms with Crippen molar-refractivity contribution in [1.82, 2.24) is 4.72 Å². The summed E-state index contributed by atoms with van der Waals surface area (Å²) in [6, 6.07) is 0. The summed E-state index contributed by atoms with van der Waals surface area (Å²) in [5.41, 5.74) is 5.58. The van der Waals surface area contributed by atoms with E-state index in [9.17, 15) is 8.42 Å². The van der Waals surface area contributed by atoms with Gasteiger partial charge in [0.05, 0.1) is 6.26 Å². The Morgan fingerprint density at radius 3 is 2.14 bits per heavy atom. The van der Waals surface area contributed by atoms with Gasteiger partial charge in [-0.15, -0.1) is 0 Å². The third-order valence-corrected chi connectivity index (χ3v) is 3.62. The van der Waals surface area contributed by atoms with Gasteiger partial charge in [0, 0.05) is 6.54 Å². The molecular weight excluding hydrogens is 200 g/mol. The van der Waals surface area contributed by atoms with Gasteiger partial charge in [0.1, 0.15) is 0 Å². The zero-order valence-electron chi connectivity index (χ0n) is 8.70. The van der Waals surface area contributed by atoms with Crippen molar-refractivity contribution in [2.45, 2.75) is 25.7 Å². The third-order valence-electron chi connectivity index (χ3n) is 2.93. The van der Waals surface area contributed by atoms with Crippen LogP contribution in [0, 0.1) is 11.8 Å². The standard InChI is InChI=1S/C9H20N2O2S/c1-14(12,13)11-7-9-4-2-8(6-10)3-5-9/h8-9,11H,2-7,10H2,1H3. The summed E-state index contributed by atoms with van der Waals surface area (Å²) in [5, 5.41) is 0. The number of sulfonamides is 1. The number of nitrogens with two attached hydrogens (primary N) is 1. The smallest absolute Gasteiger partial charge is 0.208 e. The molecule has 0 spiro atoms. The summed E-state index contributed by atoms with van der Waals surface area (Å²) in [6.45, 7) is 1.36. The number of hydrogen-bond acceptors (Lipinski definition) is 3. The second kappa shape index (κ2) is 5.09. The molecule has 1 aliphatic carbocycles. The lowest BCUT2D eigenvalue weighted by atomic mass is 9.82. The van der Waals surface area contributed by atoms with Crippen LogP contribution >= 0.6 is 0 Å². The van der Waals surface area contributed by atoms with Crippen LogP contribution in [-0.4, -0.2) is 27.8 Å². The topological polar surface area (TPSA) is 72.2 Å². The average molecular weight is 220 g/mol. The van der Waals surface area contributed by atoms with Crippen molar-refractivity contribution in [3.63, 3.8) is 0 Å². The van der Waals surface area contributed by atoms with Crippen molar-refractivity contribution in [2.24, 2.45) is 17.6 Å². The van der Waals surface area contributed by atoms with E-state index >= 15 is 0 Å². The molecule has 0 unspecified atom stereocenters. The molecule has 4 nitrogen and oxygen atoms in total. The Balaban J connectivity index is 2.23. The Labute approximate surface area is 86.3 Å². The largest absolute Gasteiger partial charge is 0.330 e. The van der Waals surface area contributed by atoms with Crippen LogP contribution in [0.3, 0.4) is 0 Å². The van der Waals surface area contributed by atoms with Gasteiger partial charge in [0.25, 0.3) is 0 Å². The molecule has 0 aromatic heterocycles. The summed E-state index contributed by atoms with van der Waals surface area (Å²) < 4.78 is 24.3. The maximum absolute atomic E-state index is 10.9. The Morgan fingerprint density at radius 2 is 1.71 bits per heavy atom. The van der Waals surface area contributed by atoms with Crippen LogP contribution in [0.2, 0.25) is 0 Å². The van der Waals surface area contributed by atoms with Gasteiger partial charge in [-0.1, -0.05) is 0 Å². The molecule has 0 saturated heterocycles. The second-order valence-corrected chi connectivity index (χ2v) is 6.08. The predicted octanol–water partition coefficient (Wildman–Crippen LogP) is 0.301. The van der Waals surface area contributed by atoms with E-state index in [1.807, 2.05) is 0 Å². The van der Waals surface area contributed by atoms with Crippen LogP contribution in [0.5, 0.6) is 0 Å². The predicted molar refractivity (Wildman–Crippen MR) is 57.3 cm³/mol. The van der Waals surface area contributed by atoms with Gasteiger partial charge in [0.2, 0.25) is 10.0 Å². The Hall–Kier alpha value is -0.130. The maximum Gasteiger partial charge on any atom is 0.208 e. The first-order valence-corrected chi connectivity index (χ1v) is 7.05. The van der Waals surface area contributed by atoms with Gasteiger partial charge < -0.3 is 5.73 Å². The van der Waals surface area contributed by atoms with Crippen LogP contribution in [0.15, 0.2) is 0 Å². The summed E-state index contributed by atoms with van der Waals surface area (Å²) >= 11 is 0. The van der Waals surface area contributed by atoms with Crippen molar-refractivity contribution in [1.29, 1.82) is 0 Å². The van der Waals surface area contributed by atoms with E-state index in [2.05, 4.69) is 4.72 Å². The van der Waals surface area contributed by atoms with Crippen LogP contribution < -0.4 is 10.5 Å². The number of rotatable bonds is 4. The number of hydrogen-bond donors (Lipinski definition) is 2. The fraction of sp³-hybridized carbons (Fsp3) is 1.00. The monoisotopic (exact) mass is 220 g/mol. The molecule has 1 rings (SSSR count). The quantitative estimate of drug-likeness (QED) is 0.716. The highest BCUT2D eigenvalue weighted by Gasteiger charge is 2.20. The van der Waals surface area contributed by atoms with Crippen LogP contribution in [0.4, 0.5) is 0 Å². The summed E-state index contributed by atoms with van der Waals surface area (Å²) in [5.74, 6) is 1.16. The van der Waals surface area contributed by atoms with E-state index in [0.717, 1.165) is 32.2 Å². The van der Waals surface area contributed by atoms with E-state index in [-0.39, 0.29) is 0 Å². The third kappa shape index (κ3) is 4.39. The minimum absolute atomic E-state index is 0.507. The zero-order chi connectivity index (χ0) is 10.6. The lowest BCUT2D eigenvalue weighted by Crippen LogP contribution is -2.31. The molecule has 0 aliphatic heterocycles. The second-order valence-electron chi connectivity index (χ2n) is 4.24. The fourth-order valence-electron chi connectivity index (χ4n) is 1.94. The molecule has 0 amide bonds. The van der Waals surface area contributed by atoms with E-state index in [1.165, 1.54) is 6.26 Å². The molecule has 3 N–H and O–H groups in total. The Morgan fingerprint density at radius 1 is 1.21 bits per heavy atom. The first-order chi connectivity index (χ1) is 6.51. The lowest BCUT2D eigenvalue weighted by molar-refractivity contribution is 0.280. The SMILES string of the molecule is CS(=O)(=O)NCC1CCC(CN)CC1. The Kier molecular flexibility index (Phi) is 4.34. The molecule has 0 heterocycles. The van der Waals surface area contributed by atoms with Crippen molar-refractivity contribution in [3.8, 4) is 0 Å². The fourth-order valence-corrected chi connectivity index (χ4v) is 2.48. The van der Waals surface area contributed by atoms with Gasteiger partial charge in [0.15, 0.2) is 0 Å². The molecule has 0 radical (unpaired) electrons. The van der Waals surface area contributed by atoms with Gasteiger partial charge >= 0.3 is 0 Å². The maximum atomic E-state index is 10.9. The first-order valence-electron chi connectivity index (χ1n) is 5.16. The molecule has 1 saturated carbocycles. The Bertz CT molecular complexity index is 256. The summed E-state index contributed by atoms with van der Waals surface area (Å²) in [6.07, 6.45) is 5.70. The highest BCUT2D eigenvalue weighted by Crippen LogP contribution is 2.27. The summed E-state index contributed by atoms with van der Waals surface area (Å²) in [4.78, 5) is 0. The van der Waals surface area contributed by atoms with Crippen LogP contribution in [-0.2, 0) is 10.0 Å². The molecule has 0 bridgehead atoms.